The van der Waals surface area contributed by atoms with Crippen LogP contribution in [0.25, 0.3) is 20.2 Å². The van der Waals surface area contributed by atoms with Gasteiger partial charge in [-0.1, -0.05) is 49.6 Å². The summed E-state index contributed by atoms with van der Waals surface area (Å²) in [6.07, 6.45) is 6.75. The molecule has 2 nitrogen and oxygen atoms in total. The zero-order valence-electron chi connectivity index (χ0n) is 16.1. The Labute approximate surface area is 189 Å². The number of hydrogen-bond acceptors (Lipinski definition) is 3. The van der Waals surface area contributed by atoms with Crippen LogP contribution >= 0.6 is 34.2 Å². The van der Waals surface area contributed by atoms with Crippen LogP contribution in [0.15, 0.2) is 60.7 Å². The Kier molecular flexibility index (Phi) is 5.19. The second kappa shape index (κ2) is 7.97. The van der Waals surface area contributed by atoms with Crippen molar-refractivity contribution in [2.75, 3.05) is 3.11 Å². The van der Waals surface area contributed by atoms with E-state index in [1.165, 1.54) is 58.0 Å². The average molecular weight is 508 g/mol. The van der Waals surface area contributed by atoms with E-state index in [1.54, 1.807) is 5.56 Å². The number of halogens is 1. The Morgan fingerprint density at radius 2 is 1.55 bits per heavy atom. The molecule has 0 bridgehead atoms. The normalized spacial score (nSPS) is 14.9. The van der Waals surface area contributed by atoms with Gasteiger partial charge >= 0.3 is 0 Å². The zero-order valence-corrected chi connectivity index (χ0v) is 19.0. The predicted octanol–water partition coefficient (Wildman–Crippen LogP) is 8.46. The summed E-state index contributed by atoms with van der Waals surface area (Å²) in [5, 5.41) is 11.8. The van der Waals surface area contributed by atoms with Crippen molar-refractivity contribution < 1.29 is 0 Å². The number of fused-ring (bicyclic) bond motifs is 3. The van der Waals surface area contributed by atoms with Gasteiger partial charge in [-0.15, -0.1) is 11.3 Å². The fourth-order valence-corrected chi connectivity index (χ4v) is 6.81. The molecule has 5 rings (SSSR count). The lowest BCUT2D eigenvalue weighted by Gasteiger charge is -2.22. The van der Waals surface area contributed by atoms with Gasteiger partial charge in [-0.25, -0.2) is 0 Å². The van der Waals surface area contributed by atoms with Crippen LogP contribution < -0.4 is 3.11 Å². The number of thiophene rings is 1. The highest BCUT2D eigenvalue weighted by Crippen LogP contribution is 2.46. The van der Waals surface area contributed by atoms with E-state index in [-0.39, 0.29) is 0 Å². The molecule has 3 aromatic carbocycles. The third-order valence-electron chi connectivity index (χ3n) is 6.01. The Bertz CT molecular complexity index is 1210. The smallest absolute Gasteiger partial charge is 0.0991 e. The molecule has 1 fully saturated rings. The van der Waals surface area contributed by atoms with Gasteiger partial charge in [0.25, 0.3) is 0 Å². The van der Waals surface area contributed by atoms with E-state index >= 15 is 0 Å². The summed E-state index contributed by atoms with van der Waals surface area (Å²) in [7, 11) is 0. The van der Waals surface area contributed by atoms with Gasteiger partial charge in [0, 0.05) is 15.5 Å². The van der Waals surface area contributed by atoms with Gasteiger partial charge in [-0.05, 0) is 54.7 Å². The summed E-state index contributed by atoms with van der Waals surface area (Å²) in [4.78, 5) is 0. The Balaban J connectivity index is 1.64. The van der Waals surface area contributed by atoms with Crippen LogP contribution in [0.1, 0.15) is 49.1 Å². The number of nitriles is 1. The molecule has 1 saturated carbocycles. The van der Waals surface area contributed by atoms with E-state index in [0.717, 1.165) is 5.69 Å². The second-order valence-corrected chi connectivity index (χ2v) is 9.74. The van der Waals surface area contributed by atoms with Crippen molar-refractivity contribution in [2.45, 2.75) is 38.0 Å². The van der Waals surface area contributed by atoms with E-state index < -0.39 is 0 Å². The minimum atomic E-state index is 0.691. The first-order valence-electron chi connectivity index (χ1n) is 10.2. The van der Waals surface area contributed by atoms with Crippen LogP contribution in [0.3, 0.4) is 0 Å². The monoisotopic (exact) mass is 508 g/mol. The first kappa shape index (κ1) is 18.9. The quantitative estimate of drug-likeness (QED) is 0.205. The molecule has 1 aliphatic carbocycles. The molecule has 0 radical (unpaired) electrons. The molecule has 0 N–H and O–H groups in total. The fraction of sp³-hybridized carbons (Fsp3) is 0.240. The van der Waals surface area contributed by atoms with E-state index in [4.69, 9.17) is 5.26 Å². The van der Waals surface area contributed by atoms with E-state index in [9.17, 15) is 0 Å². The predicted molar refractivity (Wildman–Crippen MR) is 132 cm³/mol. The molecule has 1 heterocycles. The molecule has 0 unspecified atom stereocenters. The summed E-state index contributed by atoms with van der Waals surface area (Å²) < 4.78 is 5.01. The highest BCUT2D eigenvalue weighted by molar-refractivity contribution is 14.1. The lowest BCUT2D eigenvalue weighted by molar-refractivity contribution is 0.446. The third-order valence-corrected chi connectivity index (χ3v) is 8.38. The van der Waals surface area contributed by atoms with Crippen molar-refractivity contribution in [2.24, 2.45) is 0 Å². The maximum atomic E-state index is 9.08. The molecule has 0 saturated heterocycles. The lowest BCUT2D eigenvalue weighted by Crippen LogP contribution is -2.04. The van der Waals surface area contributed by atoms with Crippen molar-refractivity contribution in [1.82, 2.24) is 0 Å². The molecule has 4 heteroatoms. The van der Waals surface area contributed by atoms with Gasteiger partial charge in [0.05, 0.1) is 50.6 Å². The lowest BCUT2D eigenvalue weighted by atomic mass is 9.84. The summed E-state index contributed by atoms with van der Waals surface area (Å²) in [5.41, 5.74) is 4.54. The van der Waals surface area contributed by atoms with E-state index in [1.807, 2.05) is 35.6 Å². The molecule has 1 aliphatic rings. The maximum Gasteiger partial charge on any atom is 0.0991 e. The Morgan fingerprint density at radius 1 is 0.862 bits per heavy atom. The molecule has 144 valence electrons. The summed E-state index contributed by atoms with van der Waals surface area (Å²) >= 11 is 4.32. The van der Waals surface area contributed by atoms with Gasteiger partial charge in [0.15, 0.2) is 0 Å². The Morgan fingerprint density at radius 3 is 2.28 bits per heavy atom. The highest BCUT2D eigenvalue weighted by atomic mass is 127. The van der Waals surface area contributed by atoms with Crippen molar-refractivity contribution in [1.29, 1.82) is 5.26 Å². The minimum absolute atomic E-state index is 0.691. The van der Waals surface area contributed by atoms with E-state index in [0.29, 0.717) is 11.5 Å². The van der Waals surface area contributed by atoms with Crippen molar-refractivity contribution in [3.05, 3.63) is 71.8 Å². The van der Waals surface area contributed by atoms with E-state index in [2.05, 4.69) is 68.4 Å². The third kappa shape index (κ3) is 3.41. The number of hydrogen-bond donors (Lipinski definition) is 0. The molecule has 29 heavy (non-hydrogen) atoms. The van der Waals surface area contributed by atoms with Crippen LogP contribution in [0.2, 0.25) is 0 Å². The van der Waals surface area contributed by atoms with Crippen molar-refractivity contribution in [3.8, 4) is 6.07 Å². The van der Waals surface area contributed by atoms with Crippen LogP contribution in [-0.2, 0) is 0 Å². The van der Waals surface area contributed by atoms with Crippen LogP contribution in [-0.4, -0.2) is 0 Å². The summed E-state index contributed by atoms with van der Waals surface area (Å²) in [6, 6.07) is 23.5. The molecule has 0 spiro atoms. The van der Waals surface area contributed by atoms with Crippen LogP contribution in [0.4, 0.5) is 11.4 Å². The minimum Gasteiger partial charge on any atom is -0.282 e. The zero-order chi connectivity index (χ0) is 19.8. The second-order valence-electron chi connectivity index (χ2n) is 7.75. The highest BCUT2D eigenvalue weighted by Gasteiger charge is 2.21. The topological polar surface area (TPSA) is 27.0 Å². The van der Waals surface area contributed by atoms with Crippen LogP contribution in [0, 0.1) is 11.3 Å². The Hall–Kier alpha value is -2.10. The van der Waals surface area contributed by atoms with Gasteiger partial charge in [-0.3, -0.25) is 3.11 Å². The van der Waals surface area contributed by atoms with Gasteiger partial charge < -0.3 is 0 Å². The fourth-order valence-electron chi connectivity index (χ4n) is 4.52. The van der Waals surface area contributed by atoms with Crippen LogP contribution in [0.5, 0.6) is 0 Å². The van der Waals surface area contributed by atoms with Gasteiger partial charge in [-0.2, -0.15) is 5.26 Å². The molecule has 0 amide bonds. The summed E-state index contributed by atoms with van der Waals surface area (Å²) in [6.45, 7) is 0. The van der Waals surface area contributed by atoms with Gasteiger partial charge in [0.2, 0.25) is 0 Å². The largest absolute Gasteiger partial charge is 0.282 e. The van der Waals surface area contributed by atoms with Gasteiger partial charge in [0.1, 0.15) is 0 Å². The molecular formula is C25H21IN2S. The maximum absolute atomic E-state index is 9.08. The molecule has 4 aromatic rings. The first-order chi connectivity index (χ1) is 14.3. The standard InChI is InChI=1S/C25H21IN2S/c26-28(19-14-12-17(16-27)13-15-19)23-11-5-10-22-21-9-4-8-20(24(21)29-25(22)23)18-6-2-1-3-7-18/h4-5,8-15,18H,1-3,6-7H2. The van der Waals surface area contributed by atoms with Crippen molar-refractivity contribution >= 4 is 65.7 Å². The molecule has 1 aromatic heterocycles. The number of benzene rings is 3. The first-order valence-corrected chi connectivity index (χ1v) is 11.9. The molecular weight excluding hydrogens is 487 g/mol. The molecule has 0 atom stereocenters. The summed E-state index contributed by atoms with van der Waals surface area (Å²) in [5.74, 6) is 0.707. The number of rotatable bonds is 3. The average Bonchev–Trinajstić information content (AvgIpc) is 3.18. The number of nitrogens with zero attached hydrogens (tertiary/aromatic N) is 2. The van der Waals surface area contributed by atoms with Crippen molar-refractivity contribution in [3.63, 3.8) is 0 Å². The molecule has 0 aliphatic heterocycles. The SMILES string of the molecule is N#Cc1ccc(N(I)c2cccc3c2sc2c(C4CCCCC4)cccc23)cc1. The number of anilines is 2.